The number of anilines is 1. The molecule has 1 saturated carbocycles. The van der Waals surface area contributed by atoms with Crippen molar-refractivity contribution in [2.45, 2.75) is 44.7 Å². The SMILES string of the molecule is CC(=O)N1CCC(N(C(=O)CSCCNC(=O)Nc2ccc(F)cc2F)C2CC2)CC1. The summed E-state index contributed by atoms with van der Waals surface area (Å²) in [6, 6.07) is 2.84. The van der Waals surface area contributed by atoms with Crippen molar-refractivity contribution in [3.05, 3.63) is 29.8 Å². The standard InChI is InChI=1S/C21H28F2N4O3S/c1-14(28)26-9-6-17(7-10-26)27(16-3-4-16)20(29)13-31-11-8-24-21(30)25-19-5-2-15(22)12-18(19)23/h2,5,12,16-17H,3-4,6-11,13H2,1H3,(H2,24,25,30). The summed E-state index contributed by atoms with van der Waals surface area (Å²) in [6.45, 7) is 3.27. The lowest BCUT2D eigenvalue weighted by molar-refractivity contribution is -0.134. The van der Waals surface area contributed by atoms with E-state index >= 15 is 0 Å². The van der Waals surface area contributed by atoms with Crippen LogP contribution in [0.25, 0.3) is 0 Å². The Morgan fingerprint density at radius 1 is 1.13 bits per heavy atom. The maximum absolute atomic E-state index is 13.6. The van der Waals surface area contributed by atoms with Gasteiger partial charge in [0.15, 0.2) is 0 Å². The molecule has 0 unspecified atom stereocenters. The number of piperidine rings is 1. The first kappa shape index (κ1) is 23.3. The lowest BCUT2D eigenvalue weighted by atomic mass is 10.0. The summed E-state index contributed by atoms with van der Waals surface area (Å²) in [4.78, 5) is 40.0. The number of hydrogen-bond donors (Lipinski definition) is 2. The highest BCUT2D eigenvalue weighted by molar-refractivity contribution is 7.99. The number of halogens is 2. The van der Waals surface area contributed by atoms with Gasteiger partial charge in [0.25, 0.3) is 0 Å². The molecule has 170 valence electrons. The van der Waals surface area contributed by atoms with E-state index in [1.807, 2.05) is 9.80 Å². The van der Waals surface area contributed by atoms with Gasteiger partial charge < -0.3 is 20.4 Å². The molecule has 1 heterocycles. The van der Waals surface area contributed by atoms with Crippen molar-refractivity contribution in [2.24, 2.45) is 0 Å². The molecule has 2 aliphatic rings. The van der Waals surface area contributed by atoms with E-state index in [0.717, 1.165) is 37.8 Å². The molecule has 1 saturated heterocycles. The molecule has 0 aromatic heterocycles. The molecule has 2 N–H and O–H groups in total. The maximum Gasteiger partial charge on any atom is 0.319 e. The van der Waals surface area contributed by atoms with Crippen LogP contribution >= 0.6 is 11.8 Å². The fourth-order valence-electron chi connectivity index (χ4n) is 3.75. The van der Waals surface area contributed by atoms with Crippen LogP contribution in [0.4, 0.5) is 19.3 Å². The third-order valence-electron chi connectivity index (χ3n) is 5.47. The summed E-state index contributed by atoms with van der Waals surface area (Å²) < 4.78 is 26.5. The number of nitrogens with one attached hydrogen (secondary N) is 2. The maximum atomic E-state index is 13.6. The Bertz CT molecular complexity index is 814. The number of hydrogen-bond acceptors (Lipinski definition) is 4. The van der Waals surface area contributed by atoms with Gasteiger partial charge in [0.1, 0.15) is 11.6 Å². The van der Waals surface area contributed by atoms with Crippen molar-refractivity contribution in [1.29, 1.82) is 0 Å². The van der Waals surface area contributed by atoms with Crippen LogP contribution in [0.1, 0.15) is 32.6 Å². The second kappa shape index (κ2) is 10.8. The third-order valence-corrected chi connectivity index (χ3v) is 6.41. The number of amides is 4. The second-order valence-corrected chi connectivity index (χ2v) is 8.93. The first-order chi connectivity index (χ1) is 14.8. The Kier molecular flexibility index (Phi) is 8.11. The lowest BCUT2D eigenvalue weighted by Crippen LogP contribution is -2.49. The van der Waals surface area contributed by atoms with E-state index in [1.165, 1.54) is 11.8 Å². The quantitative estimate of drug-likeness (QED) is 0.592. The van der Waals surface area contributed by atoms with Gasteiger partial charge in [-0.25, -0.2) is 13.6 Å². The van der Waals surface area contributed by atoms with E-state index in [1.54, 1.807) is 6.92 Å². The van der Waals surface area contributed by atoms with E-state index in [-0.39, 0.29) is 23.5 Å². The molecule has 0 atom stereocenters. The highest BCUT2D eigenvalue weighted by atomic mass is 32.2. The van der Waals surface area contributed by atoms with E-state index < -0.39 is 17.7 Å². The minimum absolute atomic E-state index is 0.0806. The van der Waals surface area contributed by atoms with Gasteiger partial charge in [-0.2, -0.15) is 11.8 Å². The van der Waals surface area contributed by atoms with E-state index in [4.69, 9.17) is 0 Å². The smallest absolute Gasteiger partial charge is 0.319 e. The molecule has 0 spiro atoms. The monoisotopic (exact) mass is 454 g/mol. The molecule has 0 bridgehead atoms. The number of urea groups is 1. The van der Waals surface area contributed by atoms with Gasteiger partial charge in [-0.1, -0.05) is 0 Å². The van der Waals surface area contributed by atoms with Gasteiger partial charge in [-0.05, 0) is 37.8 Å². The Balaban J connectivity index is 1.36. The molecule has 1 aromatic carbocycles. The first-order valence-electron chi connectivity index (χ1n) is 10.5. The topological polar surface area (TPSA) is 81.8 Å². The molecule has 2 fully saturated rings. The summed E-state index contributed by atoms with van der Waals surface area (Å²) in [7, 11) is 0. The highest BCUT2D eigenvalue weighted by Crippen LogP contribution is 2.32. The average Bonchev–Trinajstić information content (AvgIpc) is 3.55. The van der Waals surface area contributed by atoms with Gasteiger partial charge in [0, 0.05) is 50.5 Å². The fourth-order valence-corrected chi connectivity index (χ4v) is 4.46. The number of nitrogens with zero attached hydrogens (tertiary/aromatic N) is 2. The van der Waals surface area contributed by atoms with Crippen LogP contribution in [-0.4, -0.2) is 70.9 Å². The van der Waals surface area contributed by atoms with Crippen molar-refractivity contribution in [2.75, 3.05) is 36.5 Å². The van der Waals surface area contributed by atoms with Crippen molar-refractivity contribution < 1.29 is 23.2 Å². The Morgan fingerprint density at radius 2 is 1.81 bits per heavy atom. The summed E-state index contributed by atoms with van der Waals surface area (Å²) in [5.74, 6) is -0.506. The number of rotatable bonds is 8. The Hall–Kier alpha value is -2.36. The summed E-state index contributed by atoms with van der Waals surface area (Å²) in [6.07, 6.45) is 3.69. The van der Waals surface area contributed by atoms with Crippen LogP contribution in [0.15, 0.2) is 18.2 Å². The third kappa shape index (κ3) is 6.81. The minimum Gasteiger partial charge on any atom is -0.343 e. The molecule has 1 aromatic rings. The van der Waals surface area contributed by atoms with Gasteiger partial charge in [0.2, 0.25) is 11.8 Å². The molecule has 4 amide bonds. The molecule has 1 aliphatic carbocycles. The van der Waals surface area contributed by atoms with Crippen molar-refractivity contribution >= 4 is 35.3 Å². The average molecular weight is 455 g/mol. The number of carbonyl (C=O) groups is 3. The van der Waals surface area contributed by atoms with Gasteiger partial charge in [0.05, 0.1) is 11.4 Å². The first-order valence-corrected chi connectivity index (χ1v) is 11.6. The minimum atomic E-state index is -0.843. The molecule has 3 rings (SSSR count). The van der Waals surface area contributed by atoms with E-state index in [9.17, 15) is 23.2 Å². The number of likely N-dealkylation sites (tertiary alicyclic amines) is 1. The predicted octanol–water partition coefficient (Wildman–Crippen LogP) is 2.82. The number of carbonyl (C=O) groups excluding carboxylic acids is 3. The van der Waals surface area contributed by atoms with Gasteiger partial charge >= 0.3 is 6.03 Å². The molecule has 10 heteroatoms. The molecule has 1 aliphatic heterocycles. The summed E-state index contributed by atoms with van der Waals surface area (Å²) in [5, 5.41) is 4.93. The molecular formula is C21H28F2N4O3S. The Morgan fingerprint density at radius 3 is 2.42 bits per heavy atom. The van der Waals surface area contributed by atoms with Crippen LogP contribution < -0.4 is 10.6 Å². The Labute approximate surface area is 184 Å². The second-order valence-electron chi connectivity index (χ2n) is 7.83. The predicted molar refractivity (Wildman–Crippen MR) is 116 cm³/mol. The van der Waals surface area contributed by atoms with Crippen molar-refractivity contribution in [3.8, 4) is 0 Å². The van der Waals surface area contributed by atoms with Crippen molar-refractivity contribution in [1.82, 2.24) is 15.1 Å². The normalized spacial score (nSPS) is 16.7. The number of thioether (sulfide) groups is 1. The molecular weight excluding hydrogens is 426 g/mol. The lowest BCUT2D eigenvalue weighted by Gasteiger charge is -2.38. The van der Waals surface area contributed by atoms with Crippen LogP contribution in [0.3, 0.4) is 0 Å². The zero-order valence-corrected chi connectivity index (χ0v) is 18.4. The zero-order valence-electron chi connectivity index (χ0n) is 17.5. The number of benzene rings is 1. The van der Waals surface area contributed by atoms with Crippen LogP contribution in [-0.2, 0) is 9.59 Å². The van der Waals surface area contributed by atoms with Gasteiger partial charge in [-0.3, -0.25) is 9.59 Å². The fraction of sp³-hybridized carbons (Fsp3) is 0.571. The summed E-state index contributed by atoms with van der Waals surface area (Å²) >= 11 is 1.44. The van der Waals surface area contributed by atoms with Crippen molar-refractivity contribution in [3.63, 3.8) is 0 Å². The van der Waals surface area contributed by atoms with E-state index in [0.29, 0.717) is 43.2 Å². The van der Waals surface area contributed by atoms with Gasteiger partial charge in [-0.15, -0.1) is 0 Å². The molecule has 31 heavy (non-hydrogen) atoms. The highest BCUT2D eigenvalue weighted by Gasteiger charge is 2.38. The largest absolute Gasteiger partial charge is 0.343 e. The van der Waals surface area contributed by atoms with Crippen LogP contribution in [0.2, 0.25) is 0 Å². The summed E-state index contributed by atoms with van der Waals surface area (Å²) in [5.41, 5.74) is -0.0994. The van der Waals surface area contributed by atoms with E-state index in [2.05, 4.69) is 10.6 Å². The van der Waals surface area contributed by atoms with Crippen LogP contribution in [0.5, 0.6) is 0 Å². The molecule has 0 radical (unpaired) electrons. The molecule has 7 nitrogen and oxygen atoms in total. The van der Waals surface area contributed by atoms with Crippen LogP contribution in [0, 0.1) is 11.6 Å². The zero-order chi connectivity index (χ0) is 22.4.